The van der Waals surface area contributed by atoms with Crippen LogP contribution in [-0.4, -0.2) is 42.5 Å². The fourth-order valence-corrected chi connectivity index (χ4v) is 1.68. The Bertz CT molecular complexity index is 484. The average Bonchev–Trinajstić information content (AvgIpc) is 2.83. The van der Waals surface area contributed by atoms with Crippen LogP contribution in [0.25, 0.3) is 5.65 Å². The standard InChI is InChI=1S/C10H16N6O/c1-3-10(4-2,7-17)11-8-5-6-9-12-14-15-16(9)13-8/h5-6,17H,3-4,7H2,1-2H3,(H,11,13). The topological polar surface area (TPSA) is 88.2 Å². The molecule has 0 fully saturated rings. The first-order valence-electron chi connectivity index (χ1n) is 5.67. The Labute approximate surface area is 98.8 Å². The largest absolute Gasteiger partial charge is 0.394 e. The van der Waals surface area contributed by atoms with E-state index >= 15 is 0 Å². The maximum Gasteiger partial charge on any atom is 0.200 e. The minimum Gasteiger partial charge on any atom is -0.394 e. The van der Waals surface area contributed by atoms with E-state index in [0.29, 0.717) is 11.5 Å². The van der Waals surface area contributed by atoms with E-state index in [0.717, 1.165) is 12.8 Å². The van der Waals surface area contributed by atoms with Gasteiger partial charge >= 0.3 is 0 Å². The summed E-state index contributed by atoms with van der Waals surface area (Å²) in [6.07, 6.45) is 1.63. The molecule has 2 heterocycles. The number of fused-ring (bicyclic) bond motifs is 1. The van der Waals surface area contributed by atoms with Crippen molar-refractivity contribution in [2.45, 2.75) is 32.2 Å². The van der Waals surface area contributed by atoms with Crippen LogP contribution in [-0.2, 0) is 0 Å². The fourth-order valence-electron chi connectivity index (χ4n) is 1.68. The van der Waals surface area contributed by atoms with Gasteiger partial charge in [0, 0.05) is 0 Å². The number of aromatic nitrogens is 5. The summed E-state index contributed by atoms with van der Waals surface area (Å²) in [5, 5.41) is 28.0. The zero-order valence-electron chi connectivity index (χ0n) is 9.96. The lowest BCUT2D eigenvalue weighted by Crippen LogP contribution is -2.41. The maximum absolute atomic E-state index is 9.47. The summed E-state index contributed by atoms with van der Waals surface area (Å²) < 4.78 is 1.36. The van der Waals surface area contributed by atoms with Gasteiger partial charge in [0.15, 0.2) is 5.65 Å². The van der Waals surface area contributed by atoms with Crippen molar-refractivity contribution in [1.82, 2.24) is 25.3 Å². The van der Waals surface area contributed by atoms with Crippen molar-refractivity contribution >= 4 is 11.5 Å². The number of aliphatic hydroxyl groups excluding tert-OH is 1. The van der Waals surface area contributed by atoms with Gasteiger partial charge in [0.2, 0.25) is 0 Å². The van der Waals surface area contributed by atoms with Gasteiger partial charge in [-0.15, -0.1) is 14.8 Å². The van der Waals surface area contributed by atoms with Gasteiger partial charge in [0.25, 0.3) is 0 Å². The molecule has 0 aliphatic carbocycles. The second-order valence-electron chi connectivity index (χ2n) is 4.02. The quantitative estimate of drug-likeness (QED) is 0.785. The highest BCUT2D eigenvalue weighted by molar-refractivity contribution is 5.43. The number of aliphatic hydroxyl groups is 1. The van der Waals surface area contributed by atoms with Crippen LogP contribution in [0.1, 0.15) is 26.7 Å². The van der Waals surface area contributed by atoms with Crippen LogP contribution in [0, 0.1) is 0 Å². The molecule has 0 radical (unpaired) electrons. The summed E-state index contributed by atoms with van der Waals surface area (Å²) >= 11 is 0. The van der Waals surface area contributed by atoms with Gasteiger partial charge in [0.05, 0.1) is 12.1 Å². The molecule has 17 heavy (non-hydrogen) atoms. The molecule has 0 spiro atoms. The number of hydrogen-bond acceptors (Lipinski definition) is 6. The lowest BCUT2D eigenvalue weighted by molar-refractivity contribution is 0.202. The highest BCUT2D eigenvalue weighted by Gasteiger charge is 2.25. The normalized spacial score (nSPS) is 11.9. The van der Waals surface area contributed by atoms with Crippen LogP contribution < -0.4 is 5.32 Å². The number of anilines is 1. The SMILES string of the molecule is CCC(CC)(CO)Nc1ccc2nnnn2n1. The van der Waals surface area contributed by atoms with Crippen LogP contribution in [0.3, 0.4) is 0 Å². The Hall–Kier alpha value is -1.76. The zero-order valence-corrected chi connectivity index (χ0v) is 9.96. The molecule has 7 heteroatoms. The number of rotatable bonds is 5. The summed E-state index contributed by atoms with van der Waals surface area (Å²) in [6.45, 7) is 4.12. The van der Waals surface area contributed by atoms with E-state index in [1.54, 1.807) is 12.1 Å². The third kappa shape index (κ3) is 2.19. The number of tetrazole rings is 1. The smallest absolute Gasteiger partial charge is 0.200 e. The molecule has 2 N–H and O–H groups in total. The molecule has 0 unspecified atom stereocenters. The van der Waals surface area contributed by atoms with Crippen LogP contribution in [0.4, 0.5) is 5.82 Å². The van der Waals surface area contributed by atoms with Gasteiger partial charge in [-0.05, 0) is 35.4 Å². The maximum atomic E-state index is 9.47. The Morgan fingerprint density at radius 3 is 2.76 bits per heavy atom. The van der Waals surface area contributed by atoms with Gasteiger partial charge in [-0.25, -0.2) is 0 Å². The molecule has 0 aliphatic rings. The fraction of sp³-hybridized carbons (Fsp3) is 0.600. The van der Waals surface area contributed by atoms with Crippen molar-refractivity contribution in [1.29, 1.82) is 0 Å². The van der Waals surface area contributed by atoms with E-state index in [4.69, 9.17) is 0 Å². The Morgan fingerprint density at radius 1 is 1.35 bits per heavy atom. The molecule has 2 aromatic rings. The third-order valence-corrected chi connectivity index (χ3v) is 3.12. The highest BCUT2D eigenvalue weighted by Crippen LogP contribution is 2.20. The lowest BCUT2D eigenvalue weighted by Gasteiger charge is -2.31. The van der Waals surface area contributed by atoms with Gasteiger partial charge in [0.1, 0.15) is 5.82 Å². The van der Waals surface area contributed by atoms with Gasteiger partial charge in [-0.2, -0.15) is 0 Å². The van der Waals surface area contributed by atoms with Crippen molar-refractivity contribution in [2.24, 2.45) is 0 Å². The number of nitrogens with zero attached hydrogens (tertiary/aromatic N) is 5. The van der Waals surface area contributed by atoms with Crippen LogP contribution in [0.5, 0.6) is 0 Å². The minimum absolute atomic E-state index is 0.0648. The van der Waals surface area contributed by atoms with Crippen molar-refractivity contribution < 1.29 is 5.11 Å². The number of hydrogen-bond donors (Lipinski definition) is 2. The van der Waals surface area contributed by atoms with Crippen LogP contribution >= 0.6 is 0 Å². The van der Waals surface area contributed by atoms with Gasteiger partial charge in [-0.3, -0.25) is 0 Å². The first-order valence-corrected chi connectivity index (χ1v) is 5.67. The summed E-state index contributed by atoms with van der Waals surface area (Å²) in [7, 11) is 0. The lowest BCUT2D eigenvalue weighted by atomic mass is 9.94. The van der Waals surface area contributed by atoms with Crippen molar-refractivity contribution in [3.8, 4) is 0 Å². The van der Waals surface area contributed by atoms with E-state index in [9.17, 15) is 5.11 Å². The predicted molar refractivity (Wildman–Crippen MR) is 62.6 cm³/mol. The molecule has 7 nitrogen and oxygen atoms in total. The van der Waals surface area contributed by atoms with E-state index in [1.165, 1.54) is 4.63 Å². The summed E-state index contributed by atoms with van der Waals surface area (Å²) in [6, 6.07) is 3.59. The molecule has 0 saturated heterocycles. The molecule has 0 amide bonds. The molecular weight excluding hydrogens is 220 g/mol. The highest BCUT2D eigenvalue weighted by atomic mass is 16.3. The molecule has 92 valence electrons. The van der Waals surface area contributed by atoms with Crippen LogP contribution in [0.15, 0.2) is 12.1 Å². The molecule has 0 bridgehead atoms. The molecule has 0 saturated carbocycles. The monoisotopic (exact) mass is 236 g/mol. The van der Waals surface area contributed by atoms with Crippen molar-refractivity contribution in [3.63, 3.8) is 0 Å². The molecule has 0 aliphatic heterocycles. The van der Waals surface area contributed by atoms with E-state index < -0.39 is 0 Å². The van der Waals surface area contributed by atoms with Crippen molar-refractivity contribution in [2.75, 3.05) is 11.9 Å². The second kappa shape index (κ2) is 4.62. The summed E-state index contributed by atoms with van der Waals surface area (Å²) in [4.78, 5) is 0. The number of nitrogens with one attached hydrogen (secondary N) is 1. The second-order valence-corrected chi connectivity index (χ2v) is 4.02. The first-order chi connectivity index (χ1) is 8.23. The van der Waals surface area contributed by atoms with Gasteiger partial charge < -0.3 is 10.4 Å². The van der Waals surface area contributed by atoms with E-state index in [2.05, 4.69) is 25.9 Å². The average molecular weight is 236 g/mol. The molecule has 2 rings (SSSR count). The van der Waals surface area contributed by atoms with E-state index in [-0.39, 0.29) is 12.1 Å². The first kappa shape index (κ1) is 11.7. The van der Waals surface area contributed by atoms with Gasteiger partial charge in [-0.1, -0.05) is 13.8 Å². The Kier molecular flexibility index (Phi) is 3.19. The molecule has 2 aromatic heterocycles. The Morgan fingerprint density at radius 2 is 2.12 bits per heavy atom. The van der Waals surface area contributed by atoms with E-state index in [1.807, 2.05) is 13.8 Å². The minimum atomic E-state index is -0.339. The molecule has 0 aromatic carbocycles. The Balaban J connectivity index is 2.27. The zero-order chi connectivity index (χ0) is 12.3. The molecular formula is C10H16N6O. The predicted octanol–water partition coefficient (Wildman–Crippen LogP) is 0.482. The third-order valence-electron chi connectivity index (χ3n) is 3.12. The van der Waals surface area contributed by atoms with Crippen LogP contribution in [0.2, 0.25) is 0 Å². The molecule has 0 atom stereocenters. The van der Waals surface area contributed by atoms with Crippen molar-refractivity contribution in [3.05, 3.63) is 12.1 Å². The summed E-state index contributed by atoms with van der Waals surface area (Å²) in [5.41, 5.74) is 0.257. The summed E-state index contributed by atoms with van der Waals surface area (Å²) in [5.74, 6) is 0.655.